The minimum Gasteiger partial charge on any atom is -0.330 e. The smallest absolute Gasteiger partial charge is 0.00741 e. The minimum absolute atomic E-state index is 0.787. The highest BCUT2D eigenvalue weighted by Crippen LogP contribution is 2.09. The van der Waals surface area contributed by atoms with E-state index in [1.807, 2.05) is 0 Å². The van der Waals surface area contributed by atoms with E-state index in [1.165, 1.54) is 5.57 Å². The number of rotatable bonds is 3. The molecule has 0 aromatic carbocycles. The van der Waals surface area contributed by atoms with E-state index in [0.717, 1.165) is 25.8 Å². The summed E-state index contributed by atoms with van der Waals surface area (Å²) in [6, 6.07) is 0. The Morgan fingerprint density at radius 2 is 2.27 bits per heavy atom. The molecule has 60 valence electrons. The summed E-state index contributed by atoms with van der Waals surface area (Å²) in [5.41, 5.74) is 6.81. The molecule has 0 bridgehead atoms. The van der Waals surface area contributed by atoms with Crippen molar-refractivity contribution >= 4 is 0 Å². The molecule has 0 saturated heterocycles. The normalized spacial score (nSPS) is 16.3. The predicted molar refractivity (Wildman–Crippen MR) is 49.3 cm³/mol. The Hall–Kier alpha value is -0.820. The van der Waals surface area contributed by atoms with Gasteiger partial charge in [0.2, 0.25) is 0 Å². The zero-order chi connectivity index (χ0) is 7.94. The number of allylic oxidation sites excluding steroid dienone is 6. The quantitative estimate of drug-likeness (QED) is 0.654. The lowest BCUT2D eigenvalue weighted by Crippen LogP contribution is -1.98. The molecule has 1 heteroatoms. The van der Waals surface area contributed by atoms with Crippen LogP contribution in [0.5, 0.6) is 0 Å². The molecule has 2 N–H and O–H groups in total. The zero-order valence-electron chi connectivity index (χ0n) is 6.79. The molecule has 0 atom stereocenters. The van der Waals surface area contributed by atoms with Crippen LogP contribution in [0.15, 0.2) is 36.0 Å². The zero-order valence-corrected chi connectivity index (χ0v) is 6.79. The van der Waals surface area contributed by atoms with Gasteiger partial charge >= 0.3 is 0 Å². The molecule has 0 radical (unpaired) electrons. The van der Waals surface area contributed by atoms with Crippen LogP contribution in [-0.2, 0) is 0 Å². The van der Waals surface area contributed by atoms with Crippen molar-refractivity contribution in [1.29, 1.82) is 0 Å². The highest BCUT2D eigenvalue weighted by Gasteiger charge is 1.91. The maximum atomic E-state index is 5.42. The molecule has 1 rings (SSSR count). The van der Waals surface area contributed by atoms with E-state index in [0.29, 0.717) is 0 Å². The summed E-state index contributed by atoms with van der Waals surface area (Å²) in [6.45, 7) is 0.787. The van der Waals surface area contributed by atoms with Gasteiger partial charge in [-0.25, -0.2) is 0 Å². The molecule has 0 aliphatic heterocycles. The van der Waals surface area contributed by atoms with Gasteiger partial charge in [0.05, 0.1) is 0 Å². The van der Waals surface area contributed by atoms with Crippen LogP contribution in [0.4, 0.5) is 0 Å². The van der Waals surface area contributed by atoms with Gasteiger partial charge in [-0.1, -0.05) is 30.4 Å². The van der Waals surface area contributed by atoms with E-state index in [9.17, 15) is 0 Å². The average Bonchev–Trinajstić information content (AvgIpc) is 2.28. The molecule has 1 aliphatic rings. The molecule has 11 heavy (non-hydrogen) atoms. The van der Waals surface area contributed by atoms with Gasteiger partial charge in [0.1, 0.15) is 0 Å². The largest absolute Gasteiger partial charge is 0.330 e. The van der Waals surface area contributed by atoms with Crippen LogP contribution < -0.4 is 5.73 Å². The fraction of sp³-hybridized carbons (Fsp3) is 0.400. The Kier molecular flexibility index (Phi) is 3.70. The monoisotopic (exact) mass is 149 g/mol. The molecule has 0 aromatic heterocycles. The molecule has 0 aromatic rings. The molecule has 0 unspecified atom stereocenters. The third-order valence-electron chi connectivity index (χ3n) is 1.72. The van der Waals surface area contributed by atoms with Gasteiger partial charge in [0, 0.05) is 0 Å². The lowest BCUT2D eigenvalue weighted by molar-refractivity contribution is 0.836. The number of hydrogen-bond acceptors (Lipinski definition) is 1. The summed E-state index contributed by atoms with van der Waals surface area (Å²) >= 11 is 0. The van der Waals surface area contributed by atoms with Crippen LogP contribution in [0.25, 0.3) is 0 Å². The van der Waals surface area contributed by atoms with E-state index in [4.69, 9.17) is 5.73 Å². The Labute approximate surface area is 68.3 Å². The Morgan fingerprint density at radius 1 is 1.36 bits per heavy atom. The lowest BCUT2D eigenvalue weighted by atomic mass is 10.1. The van der Waals surface area contributed by atoms with Crippen LogP contribution in [0.2, 0.25) is 0 Å². The van der Waals surface area contributed by atoms with E-state index in [-0.39, 0.29) is 0 Å². The van der Waals surface area contributed by atoms with Gasteiger partial charge < -0.3 is 5.73 Å². The Balaban J connectivity index is 2.42. The van der Waals surface area contributed by atoms with Crippen molar-refractivity contribution in [2.75, 3.05) is 6.54 Å². The maximum Gasteiger partial charge on any atom is -0.00741 e. The van der Waals surface area contributed by atoms with Gasteiger partial charge in [-0.05, 0) is 31.4 Å². The van der Waals surface area contributed by atoms with E-state index in [2.05, 4.69) is 30.4 Å². The van der Waals surface area contributed by atoms with Crippen LogP contribution in [0, 0.1) is 0 Å². The van der Waals surface area contributed by atoms with Crippen molar-refractivity contribution < 1.29 is 0 Å². The molecule has 0 amide bonds. The third-order valence-corrected chi connectivity index (χ3v) is 1.72. The van der Waals surface area contributed by atoms with Gasteiger partial charge in [-0.15, -0.1) is 0 Å². The first-order chi connectivity index (χ1) is 5.43. The van der Waals surface area contributed by atoms with Gasteiger partial charge in [-0.2, -0.15) is 0 Å². The van der Waals surface area contributed by atoms with Crippen molar-refractivity contribution in [3.05, 3.63) is 36.0 Å². The van der Waals surface area contributed by atoms with Crippen molar-refractivity contribution in [3.63, 3.8) is 0 Å². The molecule has 0 fully saturated rings. The Morgan fingerprint density at radius 3 is 3.09 bits per heavy atom. The Bertz CT molecular complexity index is 187. The number of nitrogens with two attached hydrogens (primary N) is 1. The summed E-state index contributed by atoms with van der Waals surface area (Å²) in [5.74, 6) is 0. The summed E-state index contributed by atoms with van der Waals surface area (Å²) < 4.78 is 0. The second kappa shape index (κ2) is 4.91. The third kappa shape index (κ3) is 3.19. The lowest BCUT2D eigenvalue weighted by Gasteiger charge is -1.97. The molecular weight excluding hydrogens is 134 g/mol. The summed E-state index contributed by atoms with van der Waals surface area (Å²) in [7, 11) is 0. The van der Waals surface area contributed by atoms with Gasteiger partial charge in [-0.3, -0.25) is 0 Å². The van der Waals surface area contributed by atoms with Crippen LogP contribution >= 0.6 is 0 Å². The second-order valence-electron chi connectivity index (χ2n) is 2.70. The predicted octanol–water partition coefficient (Wildman–Crippen LogP) is 2.17. The molecule has 1 nitrogen and oxygen atoms in total. The fourth-order valence-electron chi connectivity index (χ4n) is 1.10. The maximum absolute atomic E-state index is 5.42. The summed E-state index contributed by atoms with van der Waals surface area (Å²) in [4.78, 5) is 0. The number of hydrogen-bond donors (Lipinski definition) is 1. The summed E-state index contributed by atoms with van der Waals surface area (Å²) in [6.07, 6.45) is 14.1. The fourth-order valence-corrected chi connectivity index (χ4v) is 1.10. The van der Waals surface area contributed by atoms with Crippen molar-refractivity contribution in [2.45, 2.75) is 19.3 Å². The standard InChI is InChI=1S/C10H15N/c11-9-5-8-10-6-3-1-2-4-7-10/h1,3-4,6-7H,2,5,8-9,11H2. The van der Waals surface area contributed by atoms with E-state index >= 15 is 0 Å². The van der Waals surface area contributed by atoms with Crippen LogP contribution in [0.3, 0.4) is 0 Å². The first-order valence-corrected chi connectivity index (χ1v) is 4.16. The highest BCUT2D eigenvalue weighted by molar-refractivity contribution is 5.27. The van der Waals surface area contributed by atoms with Crippen LogP contribution in [0.1, 0.15) is 19.3 Å². The van der Waals surface area contributed by atoms with Crippen molar-refractivity contribution in [2.24, 2.45) is 5.73 Å². The van der Waals surface area contributed by atoms with Crippen LogP contribution in [-0.4, -0.2) is 6.54 Å². The average molecular weight is 149 g/mol. The van der Waals surface area contributed by atoms with E-state index in [1.54, 1.807) is 0 Å². The first kappa shape index (κ1) is 8.28. The van der Waals surface area contributed by atoms with Crippen molar-refractivity contribution in [3.8, 4) is 0 Å². The molecule has 0 spiro atoms. The highest BCUT2D eigenvalue weighted by atomic mass is 14.5. The SMILES string of the molecule is NCCCC1=CC=CCC=C1. The minimum atomic E-state index is 0.787. The first-order valence-electron chi connectivity index (χ1n) is 4.16. The van der Waals surface area contributed by atoms with Crippen molar-refractivity contribution in [1.82, 2.24) is 0 Å². The van der Waals surface area contributed by atoms with Gasteiger partial charge in [0.15, 0.2) is 0 Å². The molecule has 0 saturated carbocycles. The van der Waals surface area contributed by atoms with E-state index < -0.39 is 0 Å². The second-order valence-corrected chi connectivity index (χ2v) is 2.70. The molecule has 1 aliphatic carbocycles. The topological polar surface area (TPSA) is 26.0 Å². The van der Waals surface area contributed by atoms with Gasteiger partial charge in [0.25, 0.3) is 0 Å². The molecule has 0 heterocycles. The summed E-state index contributed by atoms with van der Waals surface area (Å²) in [5, 5.41) is 0. The molecular formula is C10H15N.